The number of aromatic nitrogens is 4. The Labute approximate surface area is 129 Å². The van der Waals surface area contributed by atoms with Crippen LogP contribution in [0.5, 0.6) is 0 Å². The number of H-pyrrole nitrogens is 2. The molecular weight excluding hydrogens is 300 g/mol. The highest BCUT2D eigenvalue weighted by molar-refractivity contribution is 7.18. The Bertz CT molecular complexity index is 965. The van der Waals surface area contributed by atoms with Gasteiger partial charge in [0, 0.05) is 11.1 Å². The Morgan fingerprint density at radius 3 is 3.00 bits per heavy atom. The Morgan fingerprint density at radius 2 is 2.23 bits per heavy atom. The van der Waals surface area contributed by atoms with Gasteiger partial charge in [0.15, 0.2) is 5.82 Å². The maximum Gasteiger partial charge on any atom is 0.266 e. The van der Waals surface area contributed by atoms with Gasteiger partial charge in [-0.05, 0) is 30.7 Å². The lowest BCUT2D eigenvalue weighted by Crippen LogP contribution is -2.14. The molecule has 0 aromatic carbocycles. The van der Waals surface area contributed by atoms with Crippen molar-refractivity contribution in [3.8, 4) is 11.5 Å². The van der Waals surface area contributed by atoms with Crippen molar-refractivity contribution < 1.29 is 0 Å². The van der Waals surface area contributed by atoms with Crippen LogP contribution in [0.1, 0.15) is 23.8 Å². The first-order chi connectivity index (χ1) is 10.6. The molecule has 22 heavy (non-hydrogen) atoms. The fourth-order valence-corrected chi connectivity index (χ4v) is 4.33. The molecule has 0 aliphatic heterocycles. The summed E-state index contributed by atoms with van der Waals surface area (Å²) in [6, 6.07) is 0. The first kappa shape index (κ1) is 13.4. The third-order valence-electron chi connectivity index (χ3n) is 4.08. The minimum atomic E-state index is -0.284. The predicted molar refractivity (Wildman–Crippen MR) is 85.3 cm³/mol. The van der Waals surface area contributed by atoms with Gasteiger partial charge >= 0.3 is 0 Å². The highest BCUT2D eigenvalue weighted by Gasteiger charge is 2.23. The molecule has 1 aliphatic rings. The average Bonchev–Trinajstić information content (AvgIpc) is 2.85. The number of nitrogens with one attached hydrogen (secondary N) is 2. The van der Waals surface area contributed by atoms with Crippen LogP contribution < -0.4 is 11.1 Å². The second kappa shape index (κ2) is 4.88. The van der Waals surface area contributed by atoms with Gasteiger partial charge in [0.2, 0.25) is 0 Å². The van der Waals surface area contributed by atoms with Crippen LogP contribution in [0.3, 0.4) is 0 Å². The lowest BCUT2D eigenvalue weighted by molar-refractivity contribution is 0.509. The van der Waals surface area contributed by atoms with Crippen LogP contribution in [0.15, 0.2) is 22.0 Å². The summed E-state index contributed by atoms with van der Waals surface area (Å²) < 4.78 is 0. The van der Waals surface area contributed by atoms with Crippen LogP contribution in [-0.2, 0) is 12.8 Å². The predicted octanol–water partition coefficient (Wildman–Crippen LogP) is 1.86. The van der Waals surface area contributed by atoms with E-state index in [4.69, 9.17) is 0 Å². The Hall–Kier alpha value is -2.28. The lowest BCUT2D eigenvalue weighted by atomic mass is 9.89. The summed E-state index contributed by atoms with van der Waals surface area (Å²) in [4.78, 5) is 39.5. The average molecular weight is 314 g/mol. The highest BCUT2D eigenvalue weighted by Crippen LogP contribution is 2.35. The van der Waals surface area contributed by atoms with Crippen molar-refractivity contribution in [3.63, 3.8) is 0 Å². The molecule has 1 aliphatic carbocycles. The molecule has 7 heteroatoms. The van der Waals surface area contributed by atoms with Crippen molar-refractivity contribution >= 4 is 21.6 Å². The van der Waals surface area contributed by atoms with Crippen LogP contribution in [0.2, 0.25) is 0 Å². The van der Waals surface area contributed by atoms with E-state index in [1.165, 1.54) is 17.3 Å². The molecule has 112 valence electrons. The number of hydrogen-bond donors (Lipinski definition) is 2. The first-order valence-electron chi connectivity index (χ1n) is 7.21. The smallest absolute Gasteiger partial charge is 0.266 e. The van der Waals surface area contributed by atoms with Gasteiger partial charge in [0.05, 0.1) is 11.6 Å². The molecule has 3 heterocycles. The van der Waals surface area contributed by atoms with Gasteiger partial charge in [-0.3, -0.25) is 9.59 Å². The second-order valence-electron chi connectivity index (χ2n) is 5.74. The highest BCUT2D eigenvalue weighted by atomic mass is 32.1. The van der Waals surface area contributed by atoms with Crippen LogP contribution in [0.4, 0.5) is 0 Å². The van der Waals surface area contributed by atoms with Gasteiger partial charge in [-0.2, -0.15) is 0 Å². The first-order valence-corrected chi connectivity index (χ1v) is 8.03. The minimum absolute atomic E-state index is 0.125. The maximum absolute atomic E-state index is 12.5. The molecule has 0 fully saturated rings. The Balaban J connectivity index is 1.92. The zero-order valence-corrected chi connectivity index (χ0v) is 12.8. The summed E-state index contributed by atoms with van der Waals surface area (Å²) in [6.45, 7) is 2.24. The van der Waals surface area contributed by atoms with Crippen LogP contribution in [0.25, 0.3) is 21.7 Å². The van der Waals surface area contributed by atoms with Crippen molar-refractivity contribution in [1.29, 1.82) is 0 Å². The summed E-state index contributed by atoms with van der Waals surface area (Å²) in [5.74, 6) is 1.04. The number of aryl methyl sites for hydroxylation is 1. The van der Waals surface area contributed by atoms with Crippen molar-refractivity contribution in [2.24, 2.45) is 5.92 Å². The number of fused-ring (bicyclic) bond motifs is 3. The number of aromatic amines is 2. The van der Waals surface area contributed by atoms with E-state index < -0.39 is 0 Å². The second-order valence-corrected chi connectivity index (χ2v) is 6.83. The van der Waals surface area contributed by atoms with E-state index in [0.717, 1.165) is 35.0 Å². The maximum atomic E-state index is 12.5. The van der Waals surface area contributed by atoms with E-state index in [1.807, 2.05) is 0 Å². The fraction of sp³-hybridized carbons (Fsp3) is 0.333. The topological polar surface area (TPSA) is 91.5 Å². The van der Waals surface area contributed by atoms with Crippen molar-refractivity contribution in [2.45, 2.75) is 26.2 Å². The monoisotopic (exact) mass is 314 g/mol. The van der Waals surface area contributed by atoms with E-state index in [0.29, 0.717) is 17.4 Å². The zero-order chi connectivity index (χ0) is 15.3. The molecule has 0 saturated heterocycles. The summed E-state index contributed by atoms with van der Waals surface area (Å²) in [5.41, 5.74) is 1.21. The minimum Gasteiger partial charge on any atom is -0.325 e. The van der Waals surface area contributed by atoms with Gasteiger partial charge in [-0.25, -0.2) is 9.97 Å². The van der Waals surface area contributed by atoms with E-state index in [-0.39, 0.29) is 11.1 Å². The fourth-order valence-electron chi connectivity index (χ4n) is 2.94. The summed E-state index contributed by atoms with van der Waals surface area (Å²) in [7, 11) is 0. The third kappa shape index (κ3) is 2.09. The van der Waals surface area contributed by atoms with E-state index in [9.17, 15) is 9.59 Å². The van der Waals surface area contributed by atoms with E-state index >= 15 is 0 Å². The van der Waals surface area contributed by atoms with Crippen LogP contribution in [0, 0.1) is 5.92 Å². The van der Waals surface area contributed by atoms with Crippen LogP contribution >= 0.6 is 11.3 Å². The molecule has 0 saturated carbocycles. The molecular formula is C15H14N4O2S. The van der Waals surface area contributed by atoms with Gasteiger partial charge in [0.1, 0.15) is 10.5 Å². The Kier molecular flexibility index (Phi) is 2.97. The Morgan fingerprint density at radius 1 is 1.36 bits per heavy atom. The van der Waals surface area contributed by atoms with E-state index in [2.05, 4.69) is 26.9 Å². The molecule has 4 rings (SSSR count). The molecule has 0 spiro atoms. The molecule has 2 N–H and O–H groups in total. The summed E-state index contributed by atoms with van der Waals surface area (Å²) in [6.07, 6.45) is 5.71. The normalized spacial score (nSPS) is 17.6. The molecule has 1 atom stereocenters. The molecule has 0 amide bonds. The molecule has 0 bridgehead atoms. The summed E-state index contributed by atoms with van der Waals surface area (Å²) in [5, 5.41) is 0.722. The lowest BCUT2D eigenvalue weighted by Gasteiger charge is -2.17. The van der Waals surface area contributed by atoms with Gasteiger partial charge in [0.25, 0.3) is 11.1 Å². The standard InChI is InChI=1S/C15H14N4O2S/c1-7-2-3-8-10(4-7)22-15-12(8)14(21)18-13(19-15)9-5-17-11(20)6-16-9/h5-7H,2-4H2,1H3,(H,17,20)(H,18,19,21)/t7-/m1/s1. The summed E-state index contributed by atoms with van der Waals surface area (Å²) >= 11 is 1.60. The largest absolute Gasteiger partial charge is 0.325 e. The number of thiophene rings is 1. The third-order valence-corrected chi connectivity index (χ3v) is 5.23. The number of rotatable bonds is 1. The molecule has 0 radical (unpaired) electrons. The number of nitrogens with zero attached hydrogens (tertiary/aromatic N) is 2. The van der Waals surface area contributed by atoms with Crippen molar-refractivity contribution in [1.82, 2.24) is 19.9 Å². The van der Waals surface area contributed by atoms with Crippen molar-refractivity contribution in [3.05, 3.63) is 43.5 Å². The van der Waals surface area contributed by atoms with Crippen LogP contribution in [-0.4, -0.2) is 19.9 Å². The van der Waals surface area contributed by atoms with Gasteiger partial charge in [-0.15, -0.1) is 11.3 Å². The van der Waals surface area contributed by atoms with Gasteiger partial charge in [-0.1, -0.05) is 6.92 Å². The van der Waals surface area contributed by atoms with E-state index in [1.54, 1.807) is 11.3 Å². The quantitative estimate of drug-likeness (QED) is 0.717. The molecule has 0 unspecified atom stereocenters. The molecule has 3 aromatic rings. The van der Waals surface area contributed by atoms with Crippen molar-refractivity contribution in [2.75, 3.05) is 0 Å². The molecule has 6 nitrogen and oxygen atoms in total. The SMILES string of the molecule is C[C@@H]1CCc2c(sc3nc(-c4c[nH]c(=O)cn4)[nH]c(=O)c23)C1. The number of hydrogen-bond acceptors (Lipinski definition) is 5. The molecule has 3 aromatic heterocycles. The van der Waals surface area contributed by atoms with Gasteiger partial charge < -0.3 is 9.97 Å². The zero-order valence-electron chi connectivity index (χ0n) is 12.0.